The van der Waals surface area contributed by atoms with E-state index in [1.165, 1.54) is 5.56 Å². The molecular weight excluding hydrogens is 160 g/mol. The monoisotopic (exact) mass is 174 g/mol. The molecule has 0 radical (unpaired) electrons. The quantitative estimate of drug-likeness (QED) is 0.591. The van der Waals surface area contributed by atoms with Gasteiger partial charge in [-0.05, 0) is 5.56 Å². The van der Waals surface area contributed by atoms with Gasteiger partial charge in [-0.1, -0.05) is 45.0 Å². The number of benzene rings is 1. The molecule has 0 N–H and O–H groups in total. The van der Waals surface area contributed by atoms with Crippen LogP contribution in [0.1, 0.15) is 36.7 Å². The van der Waals surface area contributed by atoms with Gasteiger partial charge in [0.1, 0.15) is 0 Å². The minimum Gasteiger partial charge on any atom is -0.294 e. The molecule has 1 atom stereocenters. The van der Waals surface area contributed by atoms with Crippen molar-refractivity contribution in [3.05, 3.63) is 35.4 Å². The van der Waals surface area contributed by atoms with Crippen LogP contribution in [-0.4, -0.2) is 5.78 Å². The Hall–Kier alpha value is -1.11. The molecular formula is C12H14O. The van der Waals surface area contributed by atoms with Crippen LogP contribution in [0.3, 0.4) is 0 Å². The molecule has 0 aliphatic heterocycles. The van der Waals surface area contributed by atoms with Crippen molar-refractivity contribution in [2.24, 2.45) is 5.92 Å². The molecule has 0 spiro atoms. The Kier molecular flexibility index (Phi) is 1.59. The van der Waals surface area contributed by atoms with E-state index in [2.05, 4.69) is 19.9 Å². The molecule has 0 bridgehead atoms. The predicted octanol–water partition coefficient (Wildman–Crippen LogP) is 2.80. The minimum atomic E-state index is 0.00762. The summed E-state index contributed by atoms with van der Waals surface area (Å²) in [5.41, 5.74) is 2.13. The SMILES string of the molecule is C[C@@H]1C(=O)c2ccccc2C1(C)C. The standard InChI is InChI=1S/C12H14O/c1-8-11(13)9-6-4-5-7-10(9)12(8,2)3/h4-8H,1-3H3/t8-/m1/s1. The van der Waals surface area contributed by atoms with Gasteiger partial charge in [0.25, 0.3) is 0 Å². The molecule has 1 aromatic rings. The molecule has 13 heavy (non-hydrogen) atoms. The maximum atomic E-state index is 11.8. The van der Waals surface area contributed by atoms with Gasteiger partial charge < -0.3 is 0 Å². The number of ketones is 1. The van der Waals surface area contributed by atoms with Crippen LogP contribution in [-0.2, 0) is 5.41 Å². The predicted molar refractivity (Wildman–Crippen MR) is 53.0 cm³/mol. The first-order chi connectivity index (χ1) is 6.05. The number of rotatable bonds is 0. The highest BCUT2D eigenvalue weighted by atomic mass is 16.1. The van der Waals surface area contributed by atoms with Crippen LogP contribution in [0.4, 0.5) is 0 Å². The molecule has 1 nitrogen and oxygen atoms in total. The van der Waals surface area contributed by atoms with Crippen molar-refractivity contribution in [3.63, 3.8) is 0 Å². The first-order valence-corrected chi connectivity index (χ1v) is 4.69. The van der Waals surface area contributed by atoms with Gasteiger partial charge in [-0.2, -0.15) is 0 Å². The summed E-state index contributed by atoms with van der Waals surface area (Å²) >= 11 is 0. The van der Waals surface area contributed by atoms with Gasteiger partial charge in [0.15, 0.2) is 5.78 Å². The van der Waals surface area contributed by atoms with Crippen LogP contribution in [0.2, 0.25) is 0 Å². The summed E-state index contributed by atoms with van der Waals surface area (Å²) < 4.78 is 0. The van der Waals surface area contributed by atoms with E-state index >= 15 is 0 Å². The first-order valence-electron chi connectivity index (χ1n) is 4.69. The number of hydrogen-bond donors (Lipinski definition) is 0. The van der Waals surface area contributed by atoms with Gasteiger partial charge in [-0.3, -0.25) is 4.79 Å². The lowest BCUT2D eigenvalue weighted by Crippen LogP contribution is -2.23. The van der Waals surface area contributed by atoms with Gasteiger partial charge in [0.2, 0.25) is 0 Å². The summed E-state index contributed by atoms with van der Waals surface area (Å²) in [4.78, 5) is 11.8. The summed E-state index contributed by atoms with van der Waals surface area (Å²) in [6.45, 7) is 6.30. The van der Waals surface area contributed by atoms with Crippen molar-refractivity contribution in [2.75, 3.05) is 0 Å². The molecule has 1 aromatic carbocycles. The fourth-order valence-electron chi connectivity index (χ4n) is 2.05. The minimum absolute atomic E-state index is 0.00762. The third-order valence-corrected chi connectivity index (χ3v) is 3.36. The third-order valence-electron chi connectivity index (χ3n) is 3.36. The van der Waals surface area contributed by atoms with E-state index in [4.69, 9.17) is 0 Å². The summed E-state index contributed by atoms with van der Waals surface area (Å²) in [6.07, 6.45) is 0. The first kappa shape index (κ1) is 8.49. The zero-order chi connectivity index (χ0) is 9.64. The smallest absolute Gasteiger partial charge is 0.166 e. The van der Waals surface area contributed by atoms with Gasteiger partial charge >= 0.3 is 0 Å². The molecule has 1 aliphatic rings. The van der Waals surface area contributed by atoms with Crippen molar-refractivity contribution in [3.8, 4) is 0 Å². The Bertz CT molecular complexity index is 363. The normalized spacial score (nSPS) is 24.5. The molecule has 0 heterocycles. The van der Waals surface area contributed by atoms with Crippen LogP contribution in [0, 0.1) is 5.92 Å². The molecule has 1 aliphatic carbocycles. The number of fused-ring (bicyclic) bond motifs is 1. The second kappa shape index (κ2) is 2.44. The average Bonchev–Trinajstić information content (AvgIpc) is 2.30. The van der Waals surface area contributed by atoms with E-state index in [9.17, 15) is 4.79 Å². The second-order valence-corrected chi connectivity index (χ2v) is 4.35. The summed E-state index contributed by atoms with van der Waals surface area (Å²) in [6, 6.07) is 7.94. The van der Waals surface area contributed by atoms with E-state index in [1.54, 1.807) is 0 Å². The fraction of sp³-hybridized carbons (Fsp3) is 0.417. The van der Waals surface area contributed by atoms with Crippen molar-refractivity contribution in [2.45, 2.75) is 26.2 Å². The number of hydrogen-bond acceptors (Lipinski definition) is 1. The number of carbonyl (C=O) groups excluding carboxylic acids is 1. The second-order valence-electron chi connectivity index (χ2n) is 4.35. The van der Waals surface area contributed by atoms with Crippen LogP contribution < -0.4 is 0 Å². The van der Waals surface area contributed by atoms with Gasteiger partial charge in [0.05, 0.1) is 0 Å². The average molecular weight is 174 g/mol. The molecule has 0 saturated carbocycles. The highest BCUT2D eigenvalue weighted by Crippen LogP contribution is 2.42. The van der Waals surface area contributed by atoms with Crippen molar-refractivity contribution in [1.82, 2.24) is 0 Å². The van der Waals surface area contributed by atoms with Crippen LogP contribution in [0.15, 0.2) is 24.3 Å². The van der Waals surface area contributed by atoms with Crippen molar-refractivity contribution >= 4 is 5.78 Å². The van der Waals surface area contributed by atoms with Crippen LogP contribution >= 0.6 is 0 Å². The van der Waals surface area contributed by atoms with E-state index in [-0.39, 0.29) is 11.3 Å². The Balaban J connectivity index is 2.68. The van der Waals surface area contributed by atoms with Gasteiger partial charge in [-0.15, -0.1) is 0 Å². The van der Waals surface area contributed by atoms with Crippen molar-refractivity contribution in [1.29, 1.82) is 0 Å². The lowest BCUT2D eigenvalue weighted by Gasteiger charge is -2.23. The van der Waals surface area contributed by atoms with E-state index < -0.39 is 0 Å². The molecule has 2 rings (SSSR count). The zero-order valence-electron chi connectivity index (χ0n) is 8.29. The molecule has 0 saturated heterocycles. The molecule has 0 unspecified atom stereocenters. The maximum absolute atomic E-state index is 11.8. The number of Topliss-reactive ketones (excluding diaryl/α,β-unsaturated/α-hetero) is 1. The molecule has 0 fully saturated rings. The Morgan fingerprint density at radius 3 is 2.46 bits per heavy atom. The topological polar surface area (TPSA) is 17.1 Å². The molecule has 0 aromatic heterocycles. The third kappa shape index (κ3) is 0.963. The highest BCUT2D eigenvalue weighted by molar-refractivity contribution is 6.03. The van der Waals surface area contributed by atoms with Crippen LogP contribution in [0.25, 0.3) is 0 Å². The zero-order valence-corrected chi connectivity index (χ0v) is 8.29. The summed E-state index contributed by atoms with van der Waals surface area (Å²) in [5, 5.41) is 0. The molecule has 68 valence electrons. The Morgan fingerprint density at radius 2 is 1.85 bits per heavy atom. The van der Waals surface area contributed by atoms with Gasteiger partial charge in [0, 0.05) is 16.9 Å². The lowest BCUT2D eigenvalue weighted by atomic mass is 9.79. The van der Waals surface area contributed by atoms with Crippen LogP contribution in [0.5, 0.6) is 0 Å². The van der Waals surface area contributed by atoms with E-state index in [1.807, 2.05) is 25.1 Å². The van der Waals surface area contributed by atoms with Gasteiger partial charge in [-0.25, -0.2) is 0 Å². The molecule has 0 amide bonds. The highest BCUT2D eigenvalue weighted by Gasteiger charge is 2.42. The lowest BCUT2D eigenvalue weighted by molar-refractivity contribution is 0.0912. The fourth-order valence-corrected chi connectivity index (χ4v) is 2.05. The summed E-state index contributed by atoms with van der Waals surface area (Å²) in [5.74, 6) is 0.408. The number of carbonyl (C=O) groups is 1. The molecule has 1 heteroatoms. The Morgan fingerprint density at radius 1 is 1.23 bits per heavy atom. The largest absolute Gasteiger partial charge is 0.294 e. The van der Waals surface area contributed by atoms with Crippen molar-refractivity contribution < 1.29 is 4.79 Å². The van der Waals surface area contributed by atoms with E-state index in [0.717, 1.165) is 5.56 Å². The Labute approximate surface area is 78.8 Å². The maximum Gasteiger partial charge on any atom is 0.166 e. The summed E-state index contributed by atoms with van der Waals surface area (Å²) in [7, 11) is 0. The van der Waals surface area contributed by atoms with E-state index in [0.29, 0.717) is 5.78 Å².